The number of nitrogens with zero attached hydrogens (tertiary/aromatic N) is 2. The molecule has 1 atom stereocenters. The van der Waals surface area contributed by atoms with Gasteiger partial charge in [-0.15, -0.1) is 0 Å². The van der Waals surface area contributed by atoms with Crippen molar-refractivity contribution in [2.75, 3.05) is 51.8 Å². The number of methoxy groups -OCH3 is 1. The van der Waals surface area contributed by atoms with Crippen LogP contribution in [0.1, 0.15) is 5.56 Å². The molecule has 4 nitrogen and oxygen atoms in total. The molecule has 4 heteroatoms. The van der Waals surface area contributed by atoms with Crippen molar-refractivity contribution in [1.29, 1.82) is 0 Å². The van der Waals surface area contributed by atoms with Gasteiger partial charge in [0.1, 0.15) is 5.75 Å². The first-order valence-corrected chi connectivity index (χ1v) is 7.11. The molecule has 1 fully saturated rings. The number of hydrogen-bond donors (Lipinski definition) is 1. The SMILES string of the molecule is COc1cccc2c1CC(CN1CCNCC1)N2C. The molecule has 0 spiro atoms. The van der Waals surface area contributed by atoms with Gasteiger partial charge < -0.3 is 15.0 Å². The third-order valence-electron chi connectivity index (χ3n) is 4.37. The van der Waals surface area contributed by atoms with E-state index in [1.54, 1.807) is 7.11 Å². The number of nitrogens with one attached hydrogen (secondary N) is 1. The summed E-state index contributed by atoms with van der Waals surface area (Å²) in [4.78, 5) is 4.98. The van der Waals surface area contributed by atoms with Gasteiger partial charge in [0.2, 0.25) is 0 Å². The Morgan fingerprint density at radius 2 is 2.11 bits per heavy atom. The van der Waals surface area contributed by atoms with Gasteiger partial charge in [0.15, 0.2) is 0 Å². The van der Waals surface area contributed by atoms with Crippen molar-refractivity contribution < 1.29 is 4.74 Å². The summed E-state index contributed by atoms with van der Waals surface area (Å²) in [5.74, 6) is 1.03. The Bertz CT molecular complexity index is 443. The molecule has 0 amide bonds. The molecule has 2 heterocycles. The summed E-state index contributed by atoms with van der Waals surface area (Å²) in [6, 6.07) is 6.93. The summed E-state index contributed by atoms with van der Waals surface area (Å²) >= 11 is 0. The maximum absolute atomic E-state index is 5.49. The van der Waals surface area contributed by atoms with Gasteiger partial charge in [-0.3, -0.25) is 4.90 Å². The first-order valence-electron chi connectivity index (χ1n) is 7.11. The smallest absolute Gasteiger partial charge is 0.124 e. The second-order valence-corrected chi connectivity index (χ2v) is 5.48. The Morgan fingerprint density at radius 1 is 1.32 bits per heavy atom. The maximum atomic E-state index is 5.49. The van der Waals surface area contributed by atoms with E-state index in [4.69, 9.17) is 4.74 Å². The summed E-state index contributed by atoms with van der Waals surface area (Å²) < 4.78 is 5.49. The maximum Gasteiger partial charge on any atom is 0.124 e. The molecular formula is C15H23N3O. The fraction of sp³-hybridized carbons (Fsp3) is 0.600. The molecule has 1 unspecified atom stereocenters. The highest BCUT2D eigenvalue weighted by Crippen LogP contribution is 2.37. The van der Waals surface area contributed by atoms with Crippen molar-refractivity contribution in [2.45, 2.75) is 12.5 Å². The molecule has 0 bridgehead atoms. The average molecular weight is 261 g/mol. The monoisotopic (exact) mass is 261 g/mol. The summed E-state index contributed by atoms with van der Waals surface area (Å²) in [7, 11) is 3.97. The van der Waals surface area contributed by atoms with E-state index in [2.05, 4.69) is 40.4 Å². The minimum absolute atomic E-state index is 0.574. The fourth-order valence-corrected chi connectivity index (χ4v) is 3.23. The van der Waals surface area contributed by atoms with Gasteiger partial charge in [-0.2, -0.15) is 0 Å². The van der Waals surface area contributed by atoms with Crippen molar-refractivity contribution in [3.63, 3.8) is 0 Å². The summed E-state index contributed by atoms with van der Waals surface area (Å²) in [6.45, 7) is 5.71. The topological polar surface area (TPSA) is 27.7 Å². The Kier molecular flexibility index (Phi) is 3.62. The molecule has 19 heavy (non-hydrogen) atoms. The van der Waals surface area contributed by atoms with Crippen molar-refractivity contribution in [1.82, 2.24) is 10.2 Å². The van der Waals surface area contributed by atoms with Crippen LogP contribution < -0.4 is 15.0 Å². The number of anilines is 1. The van der Waals surface area contributed by atoms with Gasteiger partial charge in [-0.1, -0.05) is 6.07 Å². The predicted octanol–water partition coefficient (Wildman–Crippen LogP) is 0.961. The van der Waals surface area contributed by atoms with E-state index in [1.165, 1.54) is 11.3 Å². The van der Waals surface area contributed by atoms with Crippen LogP contribution in [0.5, 0.6) is 5.75 Å². The third kappa shape index (κ3) is 2.42. The highest BCUT2D eigenvalue weighted by molar-refractivity contribution is 5.64. The number of rotatable bonds is 3. The average Bonchev–Trinajstić information content (AvgIpc) is 2.77. The van der Waals surface area contributed by atoms with Crippen LogP contribution in [0.4, 0.5) is 5.69 Å². The minimum atomic E-state index is 0.574. The summed E-state index contributed by atoms with van der Waals surface area (Å²) in [6.07, 6.45) is 1.10. The van der Waals surface area contributed by atoms with Crippen molar-refractivity contribution >= 4 is 5.69 Å². The zero-order valence-corrected chi connectivity index (χ0v) is 11.9. The van der Waals surface area contributed by atoms with E-state index in [0.717, 1.165) is 44.9 Å². The summed E-state index contributed by atoms with van der Waals surface area (Å²) in [5, 5.41) is 3.41. The number of likely N-dealkylation sites (N-methyl/N-ethyl adjacent to an activating group) is 1. The standard InChI is InChI=1S/C15H23N3O/c1-17-12(11-18-8-6-16-7-9-18)10-13-14(17)4-3-5-15(13)19-2/h3-5,12,16H,6-11H2,1-2H3. The van der Waals surface area contributed by atoms with Gasteiger partial charge in [0.05, 0.1) is 7.11 Å². The van der Waals surface area contributed by atoms with Crippen LogP contribution in [-0.4, -0.2) is 57.8 Å². The lowest BCUT2D eigenvalue weighted by atomic mass is 10.1. The van der Waals surface area contributed by atoms with Gasteiger partial charge in [0, 0.05) is 57.1 Å². The second-order valence-electron chi connectivity index (χ2n) is 5.48. The Balaban J connectivity index is 1.73. The molecule has 0 radical (unpaired) electrons. The molecule has 1 aromatic carbocycles. The molecule has 0 saturated carbocycles. The number of piperazine rings is 1. The molecule has 3 rings (SSSR count). The normalized spacial score (nSPS) is 23.5. The van der Waals surface area contributed by atoms with Gasteiger partial charge >= 0.3 is 0 Å². The predicted molar refractivity (Wildman–Crippen MR) is 78.2 cm³/mol. The Hall–Kier alpha value is -1.26. The van der Waals surface area contributed by atoms with E-state index in [0.29, 0.717) is 6.04 Å². The highest BCUT2D eigenvalue weighted by Gasteiger charge is 2.30. The summed E-state index contributed by atoms with van der Waals surface area (Å²) in [5.41, 5.74) is 2.70. The molecule has 1 saturated heterocycles. The first kappa shape index (κ1) is 12.8. The number of ether oxygens (including phenoxy) is 1. The van der Waals surface area contributed by atoms with Crippen LogP contribution in [0.15, 0.2) is 18.2 Å². The van der Waals surface area contributed by atoms with E-state index in [9.17, 15) is 0 Å². The highest BCUT2D eigenvalue weighted by atomic mass is 16.5. The van der Waals surface area contributed by atoms with E-state index in [1.807, 2.05) is 0 Å². The Labute approximate surface area is 115 Å². The quantitative estimate of drug-likeness (QED) is 0.877. The molecule has 2 aliphatic heterocycles. The van der Waals surface area contributed by atoms with E-state index in [-0.39, 0.29) is 0 Å². The lowest BCUT2D eigenvalue weighted by molar-refractivity contribution is 0.227. The molecule has 0 aliphatic carbocycles. The van der Waals surface area contributed by atoms with Crippen LogP contribution in [0, 0.1) is 0 Å². The lowest BCUT2D eigenvalue weighted by Gasteiger charge is -2.32. The van der Waals surface area contributed by atoms with Crippen molar-refractivity contribution in [2.24, 2.45) is 0 Å². The number of hydrogen-bond acceptors (Lipinski definition) is 4. The van der Waals surface area contributed by atoms with Gasteiger partial charge in [-0.25, -0.2) is 0 Å². The first-order chi connectivity index (χ1) is 9.29. The molecule has 0 aromatic heterocycles. The van der Waals surface area contributed by atoms with Crippen molar-refractivity contribution in [3.05, 3.63) is 23.8 Å². The second kappa shape index (κ2) is 5.39. The number of fused-ring (bicyclic) bond motifs is 1. The van der Waals surface area contributed by atoms with Gasteiger partial charge in [0.25, 0.3) is 0 Å². The van der Waals surface area contributed by atoms with Crippen molar-refractivity contribution in [3.8, 4) is 5.75 Å². The molecule has 1 aromatic rings. The Morgan fingerprint density at radius 3 is 2.84 bits per heavy atom. The molecule has 1 N–H and O–H groups in total. The molecule has 104 valence electrons. The number of benzene rings is 1. The lowest BCUT2D eigenvalue weighted by Crippen LogP contribution is -2.48. The zero-order valence-electron chi connectivity index (χ0n) is 11.9. The van der Waals surface area contributed by atoms with Gasteiger partial charge in [-0.05, 0) is 18.6 Å². The van der Waals surface area contributed by atoms with Crippen LogP contribution in [-0.2, 0) is 6.42 Å². The minimum Gasteiger partial charge on any atom is -0.496 e. The van der Waals surface area contributed by atoms with E-state index >= 15 is 0 Å². The van der Waals surface area contributed by atoms with E-state index < -0.39 is 0 Å². The molecular weight excluding hydrogens is 238 g/mol. The third-order valence-corrected chi connectivity index (χ3v) is 4.37. The van der Waals surface area contributed by atoms with Crippen LogP contribution in [0.2, 0.25) is 0 Å². The van der Waals surface area contributed by atoms with Crippen LogP contribution in [0.3, 0.4) is 0 Å². The van der Waals surface area contributed by atoms with Crippen LogP contribution in [0.25, 0.3) is 0 Å². The molecule has 2 aliphatic rings. The largest absolute Gasteiger partial charge is 0.496 e. The zero-order chi connectivity index (χ0) is 13.2. The van der Waals surface area contributed by atoms with Crippen LogP contribution >= 0.6 is 0 Å². The fourth-order valence-electron chi connectivity index (χ4n) is 3.23.